The summed E-state index contributed by atoms with van der Waals surface area (Å²) < 4.78 is 1.80. The lowest BCUT2D eigenvalue weighted by atomic mass is 10.2. The molecular formula is C21H21N7S. The van der Waals surface area contributed by atoms with Crippen LogP contribution in [0.5, 0.6) is 0 Å². The summed E-state index contributed by atoms with van der Waals surface area (Å²) in [6, 6.07) is 20.0. The van der Waals surface area contributed by atoms with Gasteiger partial charge in [-0.3, -0.25) is 5.43 Å². The minimum atomic E-state index is 0.556. The Morgan fingerprint density at radius 3 is 2.55 bits per heavy atom. The second-order valence-electron chi connectivity index (χ2n) is 6.39. The molecule has 7 nitrogen and oxygen atoms in total. The van der Waals surface area contributed by atoms with Gasteiger partial charge in [0.25, 0.3) is 0 Å². The molecule has 0 aliphatic rings. The van der Waals surface area contributed by atoms with Crippen molar-refractivity contribution < 1.29 is 0 Å². The number of rotatable bonds is 8. The minimum absolute atomic E-state index is 0.556. The molecule has 0 unspecified atom stereocenters. The summed E-state index contributed by atoms with van der Waals surface area (Å²) in [5.41, 5.74) is 6.45. The van der Waals surface area contributed by atoms with Crippen LogP contribution < -0.4 is 5.43 Å². The monoisotopic (exact) mass is 403 g/mol. The van der Waals surface area contributed by atoms with Crippen molar-refractivity contribution in [3.63, 3.8) is 0 Å². The Kier molecular flexibility index (Phi) is 6.11. The molecule has 0 fully saturated rings. The van der Waals surface area contributed by atoms with Gasteiger partial charge in [0.15, 0.2) is 22.1 Å². The highest BCUT2D eigenvalue weighted by atomic mass is 32.2. The summed E-state index contributed by atoms with van der Waals surface area (Å²) in [7, 11) is 0. The third-order valence-electron chi connectivity index (χ3n) is 4.14. The molecule has 2 aromatic carbocycles. The molecule has 0 bridgehead atoms. The fraction of sp³-hybridized carbons (Fsp3) is 0.190. The Balaban J connectivity index is 1.65. The topological polar surface area (TPSA) is 80.9 Å². The number of hydrazone groups is 1. The van der Waals surface area contributed by atoms with E-state index >= 15 is 0 Å². The van der Waals surface area contributed by atoms with Gasteiger partial charge in [0.2, 0.25) is 0 Å². The largest absolute Gasteiger partial charge is 0.259 e. The first kappa shape index (κ1) is 19.1. The van der Waals surface area contributed by atoms with E-state index in [1.54, 1.807) is 22.7 Å². The minimum Gasteiger partial charge on any atom is -0.259 e. The van der Waals surface area contributed by atoms with E-state index in [-0.39, 0.29) is 0 Å². The Bertz CT molecular complexity index is 1090. The molecule has 4 rings (SSSR count). The summed E-state index contributed by atoms with van der Waals surface area (Å²) >= 11 is 1.61. The van der Waals surface area contributed by atoms with Crippen molar-refractivity contribution in [3.05, 3.63) is 71.8 Å². The number of nitrogens with one attached hydrogen (secondary N) is 1. The number of benzene rings is 2. The van der Waals surface area contributed by atoms with Crippen LogP contribution in [0.25, 0.3) is 11.2 Å². The van der Waals surface area contributed by atoms with E-state index in [2.05, 4.69) is 44.9 Å². The Morgan fingerprint density at radius 1 is 1.03 bits per heavy atom. The molecule has 0 atom stereocenters. The third-order valence-corrected chi connectivity index (χ3v) is 5.19. The summed E-state index contributed by atoms with van der Waals surface area (Å²) in [6.07, 6.45) is 2.80. The normalized spacial score (nSPS) is 11.3. The summed E-state index contributed by atoms with van der Waals surface area (Å²) in [6.45, 7) is 2.73. The van der Waals surface area contributed by atoms with Gasteiger partial charge in [0.1, 0.15) is 0 Å². The second-order valence-corrected chi connectivity index (χ2v) is 7.45. The van der Waals surface area contributed by atoms with Gasteiger partial charge in [-0.1, -0.05) is 84.6 Å². The van der Waals surface area contributed by atoms with Crippen molar-refractivity contribution in [1.29, 1.82) is 0 Å². The lowest BCUT2D eigenvalue weighted by Gasteiger charge is -2.06. The molecule has 146 valence electrons. The number of hydrogen-bond donors (Lipinski definition) is 1. The Morgan fingerprint density at radius 2 is 1.79 bits per heavy atom. The zero-order chi connectivity index (χ0) is 19.9. The van der Waals surface area contributed by atoms with Gasteiger partial charge in [-0.15, -0.1) is 5.10 Å². The van der Waals surface area contributed by atoms with E-state index in [4.69, 9.17) is 4.98 Å². The van der Waals surface area contributed by atoms with Crippen LogP contribution in [0.3, 0.4) is 0 Å². The van der Waals surface area contributed by atoms with Crippen LogP contribution in [0.1, 0.15) is 24.5 Å². The van der Waals surface area contributed by atoms with Gasteiger partial charge in [-0.05, 0) is 17.5 Å². The number of thioether (sulfide) groups is 1. The zero-order valence-corrected chi connectivity index (χ0v) is 16.9. The average Bonchev–Trinajstić information content (AvgIpc) is 3.16. The number of fused-ring (bicyclic) bond motifs is 1. The van der Waals surface area contributed by atoms with Gasteiger partial charge in [-0.2, -0.15) is 5.10 Å². The Hall–Kier alpha value is -3.26. The van der Waals surface area contributed by atoms with Gasteiger partial charge in [0.05, 0.1) is 12.8 Å². The van der Waals surface area contributed by atoms with Crippen LogP contribution in [0, 0.1) is 0 Å². The van der Waals surface area contributed by atoms with E-state index in [1.807, 2.05) is 48.5 Å². The van der Waals surface area contributed by atoms with Crippen molar-refractivity contribution in [1.82, 2.24) is 25.0 Å². The van der Waals surface area contributed by atoms with Crippen molar-refractivity contribution >= 4 is 35.0 Å². The molecule has 0 aliphatic heterocycles. The van der Waals surface area contributed by atoms with Crippen molar-refractivity contribution in [2.45, 2.75) is 25.0 Å². The zero-order valence-electron chi connectivity index (χ0n) is 16.1. The first-order valence-corrected chi connectivity index (χ1v) is 10.4. The molecule has 1 N–H and O–H groups in total. The summed E-state index contributed by atoms with van der Waals surface area (Å²) in [5, 5.41) is 13.6. The van der Waals surface area contributed by atoms with Crippen LogP contribution >= 0.6 is 11.8 Å². The quantitative estimate of drug-likeness (QED) is 0.205. The van der Waals surface area contributed by atoms with E-state index < -0.39 is 0 Å². The molecule has 0 saturated carbocycles. The number of aromatic nitrogens is 5. The molecule has 29 heavy (non-hydrogen) atoms. The highest BCUT2D eigenvalue weighted by Crippen LogP contribution is 2.23. The average molecular weight is 404 g/mol. The first-order chi connectivity index (χ1) is 14.3. The van der Waals surface area contributed by atoms with Crippen molar-refractivity contribution in [2.24, 2.45) is 5.10 Å². The number of nitrogens with zero attached hydrogens (tertiary/aromatic N) is 6. The SMILES string of the molecule is CCCSc1nc(N/N=C/c2ccccc2)c2nnn(Cc3ccccc3)c2n1. The molecule has 4 aromatic rings. The number of hydrogen-bond acceptors (Lipinski definition) is 7. The van der Waals surface area contributed by atoms with Gasteiger partial charge >= 0.3 is 0 Å². The standard InChI is InChI=1S/C21H21N7S/c1-2-13-29-21-23-19(26-22-14-16-9-5-3-6-10-16)18-20(24-21)28(27-25-18)15-17-11-7-4-8-12-17/h3-12,14H,2,13,15H2,1H3,(H,23,24,26)/b22-14+. The summed E-state index contributed by atoms with van der Waals surface area (Å²) in [5.74, 6) is 1.50. The Labute approximate surface area is 173 Å². The second kappa shape index (κ2) is 9.29. The highest BCUT2D eigenvalue weighted by molar-refractivity contribution is 7.99. The van der Waals surface area contributed by atoms with Gasteiger partial charge in [0, 0.05) is 5.75 Å². The maximum Gasteiger partial charge on any atom is 0.191 e. The van der Waals surface area contributed by atoms with Crippen molar-refractivity contribution in [2.75, 3.05) is 11.2 Å². The molecule has 0 amide bonds. The smallest absolute Gasteiger partial charge is 0.191 e. The van der Waals surface area contributed by atoms with E-state index in [1.165, 1.54) is 0 Å². The molecule has 0 aliphatic carbocycles. The molecular weight excluding hydrogens is 382 g/mol. The molecule has 0 spiro atoms. The van der Waals surface area contributed by atoms with Gasteiger partial charge in [-0.25, -0.2) is 14.6 Å². The highest BCUT2D eigenvalue weighted by Gasteiger charge is 2.15. The van der Waals surface area contributed by atoms with Crippen molar-refractivity contribution in [3.8, 4) is 0 Å². The molecule has 0 saturated heterocycles. The lowest BCUT2D eigenvalue weighted by Crippen LogP contribution is -2.04. The molecule has 2 heterocycles. The van der Waals surface area contributed by atoms with Gasteiger partial charge < -0.3 is 0 Å². The molecule has 8 heteroatoms. The van der Waals surface area contributed by atoms with Crippen LogP contribution in [-0.4, -0.2) is 36.9 Å². The molecule has 0 radical (unpaired) electrons. The fourth-order valence-electron chi connectivity index (χ4n) is 2.74. The van der Waals surface area contributed by atoms with E-state index in [0.717, 1.165) is 23.3 Å². The predicted molar refractivity (Wildman–Crippen MR) is 117 cm³/mol. The maximum atomic E-state index is 4.69. The maximum absolute atomic E-state index is 4.69. The molecule has 2 aromatic heterocycles. The fourth-order valence-corrected chi connectivity index (χ4v) is 3.44. The third kappa shape index (κ3) is 4.78. The van der Waals surface area contributed by atoms with Crippen LogP contribution in [0.4, 0.5) is 5.82 Å². The van der Waals surface area contributed by atoms with E-state index in [0.29, 0.717) is 28.7 Å². The number of anilines is 1. The predicted octanol–water partition coefficient (Wildman–Crippen LogP) is 4.22. The van der Waals surface area contributed by atoms with Crippen LogP contribution in [-0.2, 0) is 6.54 Å². The van der Waals surface area contributed by atoms with E-state index in [9.17, 15) is 0 Å². The van der Waals surface area contributed by atoms with Crippen LogP contribution in [0.15, 0.2) is 70.9 Å². The van der Waals surface area contributed by atoms with Crippen LogP contribution in [0.2, 0.25) is 0 Å². The first-order valence-electron chi connectivity index (χ1n) is 9.45. The lowest BCUT2D eigenvalue weighted by molar-refractivity contribution is 0.661. The summed E-state index contributed by atoms with van der Waals surface area (Å²) in [4.78, 5) is 9.29.